The van der Waals surface area contributed by atoms with Crippen LogP contribution < -0.4 is 15.4 Å². The maximum atomic E-state index is 13.2. The zero-order valence-electron chi connectivity index (χ0n) is 21.3. The number of nitrogens with zero attached hydrogens (tertiary/aromatic N) is 5. The number of benzene rings is 1. The molecule has 0 spiro atoms. The summed E-state index contributed by atoms with van der Waals surface area (Å²) in [6.07, 6.45) is 8.96. The van der Waals surface area contributed by atoms with Crippen molar-refractivity contribution in [3.8, 4) is 11.3 Å². The average Bonchev–Trinajstić information content (AvgIpc) is 3.43. The van der Waals surface area contributed by atoms with E-state index in [9.17, 15) is 9.59 Å². The lowest BCUT2D eigenvalue weighted by Gasteiger charge is -2.37. The number of rotatable bonds is 7. The van der Waals surface area contributed by atoms with Crippen molar-refractivity contribution < 1.29 is 4.79 Å². The molecular weight excluding hydrogens is 438 g/mol. The summed E-state index contributed by atoms with van der Waals surface area (Å²) in [7, 11) is 0. The molecule has 0 radical (unpaired) electrons. The second-order valence-electron chi connectivity index (χ2n) is 10.8. The number of hydrogen-bond acceptors (Lipinski definition) is 4. The normalized spacial score (nSPS) is 18.1. The second-order valence-corrected chi connectivity index (χ2v) is 10.8. The van der Waals surface area contributed by atoms with Crippen LogP contribution in [0.25, 0.3) is 17.0 Å². The third-order valence-corrected chi connectivity index (χ3v) is 7.68. The maximum absolute atomic E-state index is 13.2. The first-order valence-electron chi connectivity index (χ1n) is 13.1. The first kappa shape index (κ1) is 23.6. The number of anilines is 2. The molecule has 2 aliphatic rings. The molecule has 5 rings (SSSR count). The fourth-order valence-electron chi connectivity index (χ4n) is 5.29. The summed E-state index contributed by atoms with van der Waals surface area (Å²) in [5.74, 6) is 1.69. The first-order valence-corrected chi connectivity index (χ1v) is 13.1. The van der Waals surface area contributed by atoms with Crippen molar-refractivity contribution >= 4 is 23.2 Å². The molecular formula is C28H37N5O2. The number of unbranched alkanes of at least 4 members (excludes halogenated alkanes) is 2. The van der Waals surface area contributed by atoms with Crippen LogP contribution in [-0.2, 0) is 11.3 Å². The fraction of sp³-hybridized carbons (Fsp3) is 0.536. The molecule has 2 fully saturated rings. The van der Waals surface area contributed by atoms with Gasteiger partial charge >= 0.3 is 0 Å². The highest BCUT2D eigenvalue weighted by atomic mass is 16.2. The van der Waals surface area contributed by atoms with E-state index < -0.39 is 0 Å². The summed E-state index contributed by atoms with van der Waals surface area (Å²) in [4.78, 5) is 34.5. The van der Waals surface area contributed by atoms with Crippen molar-refractivity contribution in [2.75, 3.05) is 29.4 Å². The molecule has 35 heavy (non-hydrogen) atoms. The zero-order valence-corrected chi connectivity index (χ0v) is 21.3. The van der Waals surface area contributed by atoms with Crippen molar-refractivity contribution in [2.45, 2.75) is 72.3 Å². The number of carbonyl (C=O) groups excluding carboxylic acids is 1. The highest BCUT2D eigenvalue weighted by molar-refractivity contribution is 5.95. The Balaban J connectivity index is 1.53. The minimum atomic E-state index is -0.0374. The van der Waals surface area contributed by atoms with Gasteiger partial charge < -0.3 is 14.4 Å². The van der Waals surface area contributed by atoms with Crippen LogP contribution in [0.5, 0.6) is 0 Å². The Hall–Kier alpha value is -3.09. The molecule has 0 N–H and O–H groups in total. The summed E-state index contributed by atoms with van der Waals surface area (Å²) in [5.41, 5.74) is 3.26. The molecule has 4 heterocycles. The van der Waals surface area contributed by atoms with Gasteiger partial charge in [-0.3, -0.25) is 14.0 Å². The van der Waals surface area contributed by atoms with Crippen molar-refractivity contribution in [1.82, 2.24) is 14.0 Å². The lowest BCUT2D eigenvalue weighted by atomic mass is 9.83. The number of hydrogen-bond donors (Lipinski definition) is 0. The highest BCUT2D eigenvalue weighted by Gasteiger charge is 2.27. The van der Waals surface area contributed by atoms with Gasteiger partial charge in [0.25, 0.3) is 5.56 Å². The summed E-state index contributed by atoms with van der Waals surface area (Å²) >= 11 is 0. The van der Waals surface area contributed by atoms with E-state index in [-0.39, 0.29) is 11.5 Å². The van der Waals surface area contributed by atoms with Crippen LogP contribution in [0.2, 0.25) is 0 Å². The number of piperidine rings is 1. The molecule has 7 nitrogen and oxygen atoms in total. The Morgan fingerprint density at radius 2 is 1.74 bits per heavy atom. The van der Waals surface area contributed by atoms with Gasteiger partial charge in [0.05, 0.1) is 5.69 Å². The molecule has 1 amide bonds. The van der Waals surface area contributed by atoms with E-state index in [4.69, 9.17) is 4.98 Å². The van der Waals surface area contributed by atoms with Crippen molar-refractivity contribution in [2.24, 2.45) is 5.41 Å². The third kappa shape index (κ3) is 4.73. The molecule has 0 unspecified atom stereocenters. The van der Waals surface area contributed by atoms with Gasteiger partial charge in [0.15, 0.2) is 0 Å². The highest BCUT2D eigenvalue weighted by Crippen LogP contribution is 2.32. The third-order valence-electron chi connectivity index (χ3n) is 7.68. The molecule has 7 heteroatoms. The van der Waals surface area contributed by atoms with Gasteiger partial charge in [-0.2, -0.15) is 4.98 Å². The molecule has 2 aromatic heterocycles. The Morgan fingerprint density at radius 3 is 2.40 bits per heavy atom. The van der Waals surface area contributed by atoms with E-state index in [2.05, 4.69) is 42.4 Å². The summed E-state index contributed by atoms with van der Waals surface area (Å²) in [5, 5.41) is 0. The summed E-state index contributed by atoms with van der Waals surface area (Å²) in [6.45, 7) is 10.3. The molecule has 0 aliphatic carbocycles. The fourth-order valence-corrected chi connectivity index (χ4v) is 5.29. The van der Waals surface area contributed by atoms with E-state index in [1.165, 1.54) is 0 Å². The van der Waals surface area contributed by atoms with Gasteiger partial charge in [0.1, 0.15) is 5.82 Å². The van der Waals surface area contributed by atoms with E-state index in [1.54, 1.807) is 10.5 Å². The van der Waals surface area contributed by atoms with Crippen LogP contribution in [0.15, 0.2) is 41.3 Å². The van der Waals surface area contributed by atoms with E-state index in [0.29, 0.717) is 17.6 Å². The standard InChI is InChI=1S/C28H37N5O2/c1-4-5-6-15-32-23(21-9-11-22(12-10-21)31-16-7-8-25(31)34)20-33-26(35)19-24(29-27(32)33)30-17-13-28(2,3)14-18-30/h9-12,19-20H,4-8,13-18H2,1-3H3. The molecule has 186 valence electrons. The Bertz CT molecular complexity index is 1260. The zero-order chi connectivity index (χ0) is 24.6. The van der Waals surface area contributed by atoms with Crippen LogP contribution in [0.4, 0.5) is 11.5 Å². The predicted molar refractivity (Wildman–Crippen MR) is 141 cm³/mol. The van der Waals surface area contributed by atoms with Crippen molar-refractivity contribution in [1.29, 1.82) is 0 Å². The van der Waals surface area contributed by atoms with Gasteiger partial charge in [0.2, 0.25) is 11.7 Å². The van der Waals surface area contributed by atoms with Gasteiger partial charge in [-0.25, -0.2) is 0 Å². The van der Waals surface area contributed by atoms with Crippen LogP contribution >= 0.6 is 0 Å². The lowest BCUT2D eigenvalue weighted by molar-refractivity contribution is -0.117. The quantitative estimate of drug-likeness (QED) is 0.446. The molecule has 0 atom stereocenters. The Labute approximate surface area is 207 Å². The number of aryl methyl sites for hydroxylation is 1. The summed E-state index contributed by atoms with van der Waals surface area (Å²) in [6, 6.07) is 9.84. The topological polar surface area (TPSA) is 62.9 Å². The Morgan fingerprint density at radius 1 is 1.00 bits per heavy atom. The van der Waals surface area contributed by atoms with Crippen LogP contribution in [0.1, 0.15) is 65.7 Å². The van der Waals surface area contributed by atoms with E-state index in [1.807, 2.05) is 23.2 Å². The molecule has 3 aromatic rings. The molecule has 2 aliphatic heterocycles. The minimum absolute atomic E-state index is 0.0374. The average molecular weight is 476 g/mol. The van der Waals surface area contributed by atoms with Crippen LogP contribution in [-0.4, -0.2) is 39.5 Å². The Kier molecular flexibility index (Phi) is 6.43. The van der Waals surface area contributed by atoms with Gasteiger partial charge in [0, 0.05) is 50.6 Å². The number of aromatic nitrogens is 3. The van der Waals surface area contributed by atoms with E-state index >= 15 is 0 Å². The largest absolute Gasteiger partial charge is 0.356 e. The van der Waals surface area contributed by atoms with Gasteiger partial charge in [-0.15, -0.1) is 0 Å². The first-order chi connectivity index (χ1) is 16.9. The smallest absolute Gasteiger partial charge is 0.261 e. The molecule has 1 aromatic carbocycles. The minimum Gasteiger partial charge on any atom is -0.356 e. The van der Waals surface area contributed by atoms with Gasteiger partial charge in [-0.1, -0.05) is 45.7 Å². The molecule has 0 saturated carbocycles. The van der Waals surface area contributed by atoms with Crippen LogP contribution in [0.3, 0.4) is 0 Å². The number of amides is 1. The lowest BCUT2D eigenvalue weighted by Crippen LogP contribution is -2.38. The SMILES string of the molecule is CCCCCn1c(-c2ccc(N3CCCC3=O)cc2)cn2c(=O)cc(N3CCC(C)(C)CC3)nc12. The number of imidazole rings is 1. The van der Waals surface area contributed by atoms with Crippen molar-refractivity contribution in [3.63, 3.8) is 0 Å². The molecule has 0 bridgehead atoms. The maximum Gasteiger partial charge on any atom is 0.261 e. The predicted octanol–water partition coefficient (Wildman–Crippen LogP) is 5.11. The monoisotopic (exact) mass is 475 g/mol. The van der Waals surface area contributed by atoms with E-state index in [0.717, 1.165) is 87.5 Å². The molecule has 2 saturated heterocycles. The second kappa shape index (κ2) is 9.51. The van der Waals surface area contributed by atoms with Crippen molar-refractivity contribution in [3.05, 3.63) is 46.9 Å². The van der Waals surface area contributed by atoms with Crippen LogP contribution in [0, 0.1) is 5.41 Å². The van der Waals surface area contributed by atoms with Gasteiger partial charge in [-0.05, 0) is 48.8 Å². The number of fused-ring (bicyclic) bond motifs is 1. The number of carbonyl (C=O) groups is 1. The summed E-state index contributed by atoms with van der Waals surface area (Å²) < 4.78 is 3.89.